The third-order valence-electron chi connectivity index (χ3n) is 15.0. The number of anilines is 4. The summed E-state index contributed by atoms with van der Waals surface area (Å²) in [4.78, 5) is 10.2. The molecule has 0 saturated heterocycles. The van der Waals surface area contributed by atoms with Gasteiger partial charge in [0, 0.05) is 87.0 Å². The number of pyridine rings is 1. The molecule has 13 rings (SSSR count). The Morgan fingerprint density at radius 1 is 0.451 bits per heavy atom. The van der Waals surface area contributed by atoms with Gasteiger partial charge in [0.15, 0.2) is 0 Å². The van der Waals surface area contributed by atoms with E-state index in [0.717, 1.165) is 50.8 Å². The summed E-state index contributed by atoms with van der Waals surface area (Å²) in [5.74, 6) is 2.42. The van der Waals surface area contributed by atoms with Crippen molar-refractivity contribution in [2.45, 2.75) is 52.4 Å². The van der Waals surface area contributed by atoms with Crippen molar-refractivity contribution in [1.29, 1.82) is 0 Å². The van der Waals surface area contributed by atoms with Gasteiger partial charge in [0.05, 0.1) is 39.1 Å². The summed E-state index contributed by atoms with van der Waals surface area (Å²) in [5.41, 5.74) is 16.3. The summed E-state index contributed by atoms with van der Waals surface area (Å²) in [6.07, 6.45) is 2.07. The van der Waals surface area contributed by atoms with Gasteiger partial charge in [-0.3, -0.25) is 4.57 Å². The van der Waals surface area contributed by atoms with Crippen LogP contribution in [0.2, 0.25) is 0 Å². The lowest BCUT2D eigenvalue weighted by Gasteiger charge is -2.25. The van der Waals surface area contributed by atoms with Gasteiger partial charge in [-0.25, -0.2) is 4.98 Å². The maximum Gasteiger partial charge on any atom is 0.137 e. The van der Waals surface area contributed by atoms with Gasteiger partial charge in [-0.1, -0.05) is 145 Å². The monoisotopic (exact) mass is 924 g/mol. The largest absolute Gasteiger partial charge is 0.457 e. The number of nitrogens with zero attached hydrogens (tertiary/aromatic N) is 6. The molecular weight excluding hydrogens is 869 g/mol. The van der Waals surface area contributed by atoms with Crippen molar-refractivity contribution in [2.75, 3.05) is 16.5 Å². The fraction of sp³-hybridized carbons (Fsp3) is 0.172. The Hall–Kier alpha value is -8.29. The maximum absolute atomic E-state index is 6.96. The SMILES string of the molecule is Cn1c2ccccc2c2cc3c4ccccc4n(C)c3c(N3CN(c4cccc(Oc5ccc6c7cccc(C(C)(C)C)c7n(-c7cc(C(C)(C)C)c(-c8ccccc8)cn7)c6c5)c4)c4ccccc43)c21. The topological polar surface area (TPSA) is 43.4 Å². The summed E-state index contributed by atoms with van der Waals surface area (Å²) in [7, 11) is 4.43. The summed E-state index contributed by atoms with van der Waals surface area (Å²) in [6.45, 7) is 14.4. The number of aryl methyl sites for hydroxylation is 2. The minimum atomic E-state index is -0.133. The normalized spacial score (nSPS) is 13.2. The Bertz CT molecular complexity index is 4030. The quantitative estimate of drug-likeness (QED) is 0.167. The van der Waals surface area contributed by atoms with E-state index in [9.17, 15) is 0 Å². The standard InChI is InChI=1S/C64H56N6O/c1-63(2,3)51-27-19-26-47-46-33-32-43(35-57(46)70(59(47)51)58-37-52(64(4,5)6)50(38-65-58)40-20-10-9-11-21-40)71-42-23-18-22-41(34-42)68-39-69(56-31-17-16-30-55(56)68)62-60-48(44-24-12-14-28-53(44)66(60)7)36-49-45-25-13-15-29-54(45)67(8)61(49)62/h9-38H,39H2,1-8H3. The second-order valence-electron chi connectivity index (χ2n) is 21.4. The molecule has 0 spiro atoms. The van der Waals surface area contributed by atoms with Crippen molar-refractivity contribution < 1.29 is 4.74 Å². The third kappa shape index (κ3) is 6.59. The van der Waals surface area contributed by atoms with E-state index < -0.39 is 0 Å². The molecule has 0 saturated carbocycles. The number of fused-ring (bicyclic) bond motifs is 10. The molecule has 7 nitrogen and oxygen atoms in total. The molecule has 0 radical (unpaired) electrons. The Balaban J connectivity index is 0.930. The lowest BCUT2D eigenvalue weighted by Crippen LogP contribution is -2.25. The average Bonchev–Trinajstić information content (AvgIpc) is 4.10. The number of hydrogen-bond donors (Lipinski definition) is 0. The van der Waals surface area contributed by atoms with Gasteiger partial charge in [-0.2, -0.15) is 0 Å². The molecule has 71 heavy (non-hydrogen) atoms. The van der Waals surface area contributed by atoms with Crippen molar-refractivity contribution in [3.63, 3.8) is 0 Å². The molecule has 0 atom stereocenters. The van der Waals surface area contributed by atoms with Gasteiger partial charge >= 0.3 is 0 Å². The van der Waals surface area contributed by atoms with Crippen LogP contribution in [-0.2, 0) is 24.9 Å². The minimum absolute atomic E-state index is 0.117. The first kappa shape index (κ1) is 42.8. The molecule has 0 aliphatic carbocycles. The third-order valence-corrected chi connectivity index (χ3v) is 15.0. The number of hydrogen-bond acceptors (Lipinski definition) is 4. The molecule has 12 aromatic rings. The zero-order chi connectivity index (χ0) is 48.5. The van der Waals surface area contributed by atoms with Gasteiger partial charge in [-0.05, 0) is 88.2 Å². The lowest BCUT2D eigenvalue weighted by molar-refractivity contribution is 0.483. The fourth-order valence-corrected chi connectivity index (χ4v) is 11.7. The lowest BCUT2D eigenvalue weighted by atomic mass is 9.82. The first-order valence-corrected chi connectivity index (χ1v) is 24.8. The molecule has 348 valence electrons. The van der Waals surface area contributed by atoms with Crippen molar-refractivity contribution >= 4 is 88.2 Å². The van der Waals surface area contributed by atoms with E-state index in [1.54, 1.807) is 0 Å². The van der Waals surface area contributed by atoms with Crippen LogP contribution in [0.4, 0.5) is 22.7 Å². The van der Waals surface area contributed by atoms with E-state index in [0.29, 0.717) is 6.67 Å². The van der Waals surface area contributed by atoms with Crippen LogP contribution in [0.25, 0.3) is 82.4 Å². The number of aromatic nitrogens is 4. The number of benzene rings is 8. The molecule has 8 aromatic carbocycles. The number of rotatable bonds is 6. The predicted octanol–water partition coefficient (Wildman–Crippen LogP) is 16.8. The Labute approximate surface area is 414 Å². The molecule has 7 heteroatoms. The molecule has 0 amide bonds. The molecule has 0 unspecified atom stereocenters. The van der Waals surface area contributed by atoms with E-state index in [-0.39, 0.29) is 10.8 Å². The van der Waals surface area contributed by atoms with Gasteiger partial charge in [0.25, 0.3) is 0 Å². The van der Waals surface area contributed by atoms with E-state index in [2.05, 4.69) is 261 Å². The number of para-hydroxylation sites is 5. The van der Waals surface area contributed by atoms with Crippen molar-refractivity contribution in [3.8, 4) is 28.4 Å². The van der Waals surface area contributed by atoms with Crippen LogP contribution in [0, 0.1) is 0 Å². The Kier molecular flexibility index (Phi) is 9.41. The molecular formula is C64H56N6O. The highest BCUT2D eigenvalue weighted by atomic mass is 16.5. The smallest absolute Gasteiger partial charge is 0.137 e. The molecule has 1 aliphatic rings. The highest BCUT2D eigenvalue weighted by molar-refractivity contribution is 6.25. The number of ether oxygens (including phenoxy) is 1. The molecule has 0 bridgehead atoms. The molecule has 0 N–H and O–H groups in total. The van der Waals surface area contributed by atoms with Crippen LogP contribution >= 0.6 is 0 Å². The summed E-state index contributed by atoms with van der Waals surface area (Å²) in [5, 5.41) is 7.39. The zero-order valence-corrected chi connectivity index (χ0v) is 41.6. The summed E-state index contributed by atoms with van der Waals surface area (Å²) < 4.78 is 14.1. The minimum Gasteiger partial charge on any atom is -0.457 e. The first-order valence-electron chi connectivity index (χ1n) is 24.8. The average molecular weight is 925 g/mol. The van der Waals surface area contributed by atoms with Gasteiger partial charge < -0.3 is 23.7 Å². The molecule has 5 heterocycles. The Morgan fingerprint density at radius 2 is 1.03 bits per heavy atom. The van der Waals surface area contributed by atoms with Crippen molar-refractivity contribution in [2.24, 2.45) is 14.1 Å². The van der Waals surface area contributed by atoms with Crippen molar-refractivity contribution in [1.82, 2.24) is 18.7 Å². The molecule has 4 aromatic heterocycles. The highest BCUT2D eigenvalue weighted by Gasteiger charge is 2.33. The van der Waals surface area contributed by atoms with Gasteiger partial charge in [0.1, 0.15) is 24.0 Å². The molecule has 1 aliphatic heterocycles. The zero-order valence-electron chi connectivity index (χ0n) is 41.6. The van der Waals surface area contributed by atoms with Crippen LogP contribution in [0.3, 0.4) is 0 Å². The van der Waals surface area contributed by atoms with Crippen molar-refractivity contribution in [3.05, 3.63) is 193 Å². The molecule has 0 fully saturated rings. The second-order valence-corrected chi connectivity index (χ2v) is 21.4. The van der Waals surface area contributed by atoms with Crippen LogP contribution in [0.15, 0.2) is 182 Å². The Morgan fingerprint density at radius 3 is 1.70 bits per heavy atom. The van der Waals surface area contributed by atoms with E-state index in [4.69, 9.17) is 9.72 Å². The van der Waals surface area contributed by atoms with E-state index in [1.165, 1.54) is 76.9 Å². The van der Waals surface area contributed by atoms with E-state index >= 15 is 0 Å². The highest BCUT2D eigenvalue weighted by Crippen LogP contribution is 2.51. The summed E-state index contributed by atoms with van der Waals surface area (Å²) in [6, 6.07) is 63.6. The predicted molar refractivity (Wildman–Crippen MR) is 298 cm³/mol. The van der Waals surface area contributed by atoms with Crippen LogP contribution in [0.1, 0.15) is 52.7 Å². The van der Waals surface area contributed by atoms with Gasteiger partial charge in [0.2, 0.25) is 0 Å². The van der Waals surface area contributed by atoms with Crippen LogP contribution in [0.5, 0.6) is 11.5 Å². The van der Waals surface area contributed by atoms with Gasteiger partial charge in [-0.15, -0.1) is 0 Å². The fourth-order valence-electron chi connectivity index (χ4n) is 11.7. The summed E-state index contributed by atoms with van der Waals surface area (Å²) >= 11 is 0. The van der Waals surface area contributed by atoms with Crippen LogP contribution in [-0.4, -0.2) is 25.4 Å². The van der Waals surface area contributed by atoms with Crippen LogP contribution < -0.4 is 14.5 Å². The second kappa shape index (κ2) is 15.6. The first-order chi connectivity index (χ1) is 34.3. The van der Waals surface area contributed by atoms with E-state index in [1.807, 2.05) is 0 Å². The maximum atomic E-state index is 6.96.